The number of rotatable bonds is 6. The van der Waals surface area contributed by atoms with Crippen LogP contribution in [0.15, 0.2) is 62.9 Å². The fraction of sp³-hybridized carbons (Fsp3) is 0.182. The molecule has 2 aromatic carbocycles. The minimum absolute atomic E-state index is 0.00694. The van der Waals surface area contributed by atoms with E-state index in [1.165, 1.54) is 24.3 Å². The predicted molar refractivity (Wildman–Crippen MR) is 121 cm³/mol. The fourth-order valence-electron chi connectivity index (χ4n) is 3.66. The summed E-state index contributed by atoms with van der Waals surface area (Å²) in [6.45, 7) is 1.65. The molecule has 0 saturated carbocycles. The number of nitro benzene ring substituents is 1. The van der Waals surface area contributed by atoms with Gasteiger partial charge in [-0.2, -0.15) is 18.4 Å². The van der Waals surface area contributed by atoms with Crippen molar-refractivity contribution >= 4 is 33.0 Å². The van der Waals surface area contributed by atoms with Gasteiger partial charge < -0.3 is 9.73 Å². The van der Waals surface area contributed by atoms with E-state index in [1.54, 1.807) is 6.92 Å². The summed E-state index contributed by atoms with van der Waals surface area (Å²) in [6.07, 6.45) is 1.61. The Morgan fingerprint density at radius 3 is 2.62 bits per heavy atom. The van der Waals surface area contributed by atoms with Crippen molar-refractivity contribution in [2.24, 2.45) is 5.10 Å². The molecular formula is C22H19FN4O6S. The van der Waals surface area contributed by atoms with E-state index in [9.17, 15) is 27.7 Å². The van der Waals surface area contributed by atoms with E-state index in [0.29, 0.717) is 41.9 Å². The Morgan fingerprint density at radius 1 is 1.18 bits per heavy atom. The Bertz CT molecular complexity index is 1410. The number of fused-ring (bicyclic) bond motifs is 1. The maximum Gasteiger partial charge on any atom is 0.291 e. The number of nitrogens with one attached hydrogen (secondary N) is 2. The number of sulfonamides is 1. The SMILES string of the molecule is Cc1c(C(=O)Nc2cccc([N+](=O)[O-])c2)oc2c1/C(=N/NS(=O)(=O)c1ccc(F)cc1)CCC2. The number of non-ortho nitro benzene ring substituents is 1. The van der Waals surface area contributed by atoms with Gasteiger partial charge in [-0.15, -0.1) is 0 Å². The largest absolute Gasteiger partial charge is 0.455 e. The Balaban J connectivity index is 1.59. The smallest absolute Gasteiger partial charge is 0.291 e. The minimum atomic E-state index is -4.02. The van der Waals surface area contributed by atoms with Crippen LogP contribution >= 0.6 is 0 Å². The first-order valence-corrected chi connectivity index (χ1v) is 11.7. The van der Waals surface area contributed by atoms with E-state index in [4.69, 9.17) is 4.42 Å². The van der Waals surface area contributed by atoms with Gasteiger partial charge in [-0.25, -0.2) is 4.39 Å². The second-order valence-electron chi connectivity index (χ2n) is 7.58. The van der Waals surface area contributed by atoms with Crippen molar-refractivity contribution in [3.05, 3.63) is 87.1 Å². The number of hydrazone groups is 1. The highest BCUT2D eigenvalue weighted by Crippen LogP contribution is 2.30. The molecular weight excluding hydrogens is 467 g/mol. The molecule has 1 heterocycles. The summed E-state index contributed by atoms with van der Waals surface area (Å²) in [4.78, 5) is 25.2. The van der Waals surface area contributed by atoms with Crippen molar-refractivity contribution in [2.75, 3.05) is 5.32 Å². The number of amides is 1. The van der Waals surface area contributed by atoms with Crippen LogP contribution in [0.2, 0.25) is 0 Å². The molecule has 0 fully saturated rings. The lowest BCUT2D eigenvalue weighted by molar-refractivity contribution is -0.384. The predicted octanol–water partition coefficient (Wildman–Crippen LogP) is 3.91. The van der Waals surface area contributed by atoms with Crippen molar-refractivity contribution in [1.29, 1.82) is 0 Å². The number of hydrogen-bond donors (Lipinski definition) is 2. The number of aryl methyl sites for hydroxylation is 1. The van der Waals surface area contributed by atoms with Crippen molar-refractivity contribution in [1.82, 2.24) is 4.83 Å². The Hall–Kier alpha value is -4.06. The number of furan rings is 1. The molecule has 0 saturated heterocycles. The Morgan fingerprint density at radius 2 is 1.91 bits per heavy atom. The maximum absolute atomic E-state index is 13.1. The van der Waals surface area contributed by atoms with Crippen molar-refractivity contribution < 1.29 is 26.9 Å². The number of nitrogens with zero attached hydrogens (tertiary/aromatic N) is 2. The van der Waals surface area contributed by atoms with E-state index >= 15 is 0 Å². The number of carbonyl (C=O) groups is 1. The average Bonchev–Trinajstić information content (AvgIpc) is 3.15. The second kappa shape index (κ2) is 9.06. The monoisotopic (exact) mass is 486 g/mol. The summed E-state index contributed by atoms with van der Waals surface area (Å²) >= 11 is 0. The minimum Gasteiger partial charge on any atom is -0.455 e. The molecule has 0 aliphatic heterocycles. The summed E-state index contributed by atoms with van der Waals surface area (Å²) in [6, 6.07) is 9.83. The normalized spacial score (nSPS) is 14.5. The van der Waals surface area contributed by atoms with Crippen LogP contribution in [-0.4, -0.2) is 25.0 Å². The van der Waals surface area contributed by atoms with E-state index in [0.717, 1.165) is 24.3 Å². The number of nitro groups is 1. The third-order valence-corrected chi connectivity index (χ3v) is 6.50. The Labute approximate surface area is 193 Å². The summed E-state index contributed by atoms with van der Waals surface area (Å²) in [7, 11) is -4.02. The van der Waals surface area contributed by atoms with Gasteiger partial charge in [0.2, 0.25) is 0 Å². The molecule has 3 aromatic rings. The highest BCUT2D eigenvalue weighted by Gasteiger charge is 2.28. The molecule has 12 heteroatoms. The van der Waals surface area contributed by atoms with Gasteiger partial charge in [-0.3, -0.25) is 14.9 Å². The van der Waals surface area contributed by atoms with Crippen LogP contribution < -0.4 is 10.1 Å². The molecule has 176 valence electrons. The van der Waals surface area contributed by atoms with Crippen LogP contribution in [0.3, 0.4) is 0 Å². The molecule has 1 aliphatic carbocycles. The lowest BCUT2D eigenvalue weighted by Gasteiger charge is -2.14. The summed E-state index contributed by atoms with van der Waals surface area (Å²) < 4.78 is 43.9. The molecule has 1 aromatic heterocycles. The van der Waals surface area contributed by atoms with Crippen LogP contribution in [0.25, 0.3) is 0 Å². The quantitative estimate of drug-likeness (QED) is 0.399. The molecule has 2 N–H and O–H groups in total. The first-order chi connectivity index (χ1) is 16.2. The zero-order chi connectivity index (χ0) is 24.5. The van der Waals surface area contributed by atoms with Crippen molar-refractivity contribution in [3.63, 3.8) is 0 Å². The first-order valence-electron chi connectivity index (χ1n) is 10.2. The van der Waals surface area contributed by atoms with Gasteiger partial charge in [0.1, 0.15) is 11.6 Å². The van der Waals surface area contributed by atoms with E-state index in [1.807, 2.05) is 0 Å². The summed E-state index contributed by atoms with van der Waals surface area (Å²) in [5, 5.41) is 17.6. The van der Waals surface area contributed by atoms with Gasteiger partial charge in [-0.1, -0.05) is 6.07 Å². The average molecular weight is 486 g/mol. The molecule has 0 atom stereocenters. The standard InChI is InChI=1S/C22H19FN4O6S/c1-13-20-18(25-26-34(31,32)17-10-8-14(23)9-11-17)6-3-7-19(20)33-21(13)22(28)24-15-4-2-5-16(12-15)27(29)30/h2,4-5,8-12,26H,3,6-7H2,1H3,(H,24,28)/b25-18+. The molecule has 1 aliphatic rings. The number of carbonyl (C=O) groups excluding carboxylic acids is 1. The van der Waals surface area contributed by atoms with Gasteiger partial charge in [-0.05, 0) is 50.1 Å². The van der Waals surface area contributed by atoms with Crippen LogP contribution in [0.5, 0.6) is 0 Å². The molecule has 0 spiro atoms. The lowest BCUT2D eigenvalue weighted by Crippen LogP contribution is -2.22. The van der Waals surface area contributed by atoms with Crippen LogP contribution in [0.1, 0.15) is 40.3 Å². The van der Waals surface area contributed by atoms with Gasteiger partial charge >= 0.3 is 0 Å². The number of benzene rings is 2. The molecule has 0 bridgehead atoms. The van der Waals surface area contributed by atoms with E-state index in [-0.39, 0.29) is 22.0 Å². The van der Waals surface area contributed by atoms with Gasteiger partial charge in [0.25, 0.3) is 21.6 Å². The second-order valence-corrected chi connectivity index (χ2v) is 9.24. The molecule has 10 nitrogen and oxygen atoms in total. The zero-order valence-corrected chi connectivity index (χ0v) is 18.7. The van der Waals surface area contributed by atoms with Crippen LogP contribution in [0, 0.1) is 22.9 Å². The van der Waals surface area contributed by atoms with Gasteiger partial charge in [0.15, 0.2) is 5.76 Å². The Kier molecular flexibility index (Phi) is 6.16. The van der Waals surface area contributed by atoms with E-state index < -0.39 is 26.7 Å². The molecule has 0 unspecified atom stereocenters. The number of anilines is 1. The first kappa shape index (κ1) is 23.1. The van der Waals surface area contributed by atoms with Crippen molar-refractivity contribution in [3.8, 4) is 0 Å². The third-order valence-electron chi connectivity index (χ3n) is 5.27. The molecule has 0 radical (unpaired) electrons. The van der Waals surface area contributed by atoms with Gasteiger partial charge in [0, 0.05) is 35.4 Å². The molecule has 1 amide bonds. The molecule has 34 heavy (non-hydrogen) atoms. The maximum atomic E-state index is 13.1. The van der Waals surface area contributed by atoms with Crippen LogP contribution in [-0.2, 0) is 16.4 Å². The van der Waals surface area contributed by atoms with Crippen LogP contribution in [0.4, 0.5) is 15.8 Å². The number of halogens is 1. The number of hydrogen-bond acceptors (Lipinski definition) is 7. The van der Waals surface area contributed by atoms with Gasteiger partial charge in [0.05, 0.1) is 15.5 Å². The summed E-state index contributed by atoms with van der Waals surface area (Å²) in [5.74, 6) is -0.661. The van der Waals surface area contributed by atoms with Crippen molar-refractivity contribution in [2.45, 2.75) is 31.1 Å². The van der Waals surface area contributed by atoms with E-state index in [2.05, 4.69) is 15.2 Å². The lowest BCUT2D eigenvalue weighted by atomic mass is 9.93. The summed E-state index contributed by atoms with van der Waals surface area (Å²) in [5.41, 5.74) is 1.47. The highest BCUT2D eigenvalue weighted by molar-refractivity contribution is 7.89. The zero-order valence-electron chi connectivity index (χ0n) is 17.9. The topological polar surface area (TPSA) is 144 Å². The fourth-order valence-corrected chi connectivity index (χ4v) is 4.49. The highest BCUT2D eigenvalue weighted by atomic mass is 32.2. The third kappa shape index (κ3) is 4.66. The molecule has 4 rings (SSSR count).